The van der Waals surface area contributed by atoms with E-state index >= 15 is 0 Å². The molecule has 3 aromatic rings. The molecule has 17 nitrogen and oxygen atoms in total. The van der Waals surface area contributed by atoms with Gasteiger partial charge in [0.1, 0.15) is 60.0 Å². The number of ketones is 1. The summed E-state index contributed by atoms with van der Waals surface area (Å²) >= 11 is 1.46. The first-order valence-electron chi connectivity index (χ1n) is 23.0. The SMILES string of the molecule is CCOP(=O)(COCC(=O)[C@@]12C[C@H]1/C=C\CCCCC[C@H](NC(=O)OC1CCCC1)C(=O)N1C[C@H](Oc3cc(-c4csc(NC(C)C)n4)nc4cc(OC)ccc34)C[C@H]1C(=O)N2)OCC. The zero-order valence-electron chi connectivity index (χ0n) is 38.0. The summed E-state index contributed by atoms with van der Waals surface area (Å²) in [5.41, 5.74) is 0.488. The highest BCUT2D eigenvalue weighted by molar-refractivity contribution is 7.53. The average molecular weight is 939 g/mol. The predicted octanol–water partition coefficient (Wildman–Crippen LogP) is 7.78. The third kappa shape index (κ3) is 12.1. The van der Waals surface area contributed by atoms with Crippen LogP contribution in [0.3, 0.4) is 0 Å². The van der Waals surface area contributed by atoms with Crippen molar-refractivity contribution in [1.29, 1.82) is 0 Å². The van der Waals surface area contributed by atoms with Gasteiger partial charge >= 0.3 is 13.7 Å². The van der Waals surface area contributed by atoms with E-state index in [1.165, 1.54) is 16.2 Å². The van der Waals surface area contributed by atoms with Crippen molar-refractivity contribution >= 4 is 58.7 Å². The highest BCUT2D eigenvalue weighted by Gasteiger charge is 2.60. The Morgan fingerprint density at radius 3 is 2.51 bits per heavy atom. The van der Waals surface area contributed by atoms with Gasteiger partial charge in [0.15, 0.2) is 10.9 Å². The molecule has 5 atom stereocenters. The van der Waals surface area contributed by atoms with Gasteiger partial charge in [-0.05, 0) is 91.2 Å². The molecule has 65 heavy (non-hydrogen) atoms. The number of thiazole rings is 1. The Labute approximate surface area is 384 Å². The van der Waals surface area contributed by atoms with Crippen molar-refractivity contribution in [3.8, 4) is 22.9 Å². The number of hydrogen-bond donors (Lipinski definition) is 3. The van der Waals surface area contributed by atoms with Crippen LogP contribution in [-0.4, -0.2) is 114 Å². The van der Waals surface area contributed by atoms with Crippen molar-refractivity contribution in [2.45, 2.75) is 134 Å². The van der Waals surface area contributed by atoms with E-state index in [2.05, 4.69) is 16.0 Å². The van der Waals surface area contributed by atoms with Gasteiger partial charge in [0.05, 0.1) is 38.1 Å². The average Bonchev–Trinajstić information content (AvgIpc) is 3.70. The minimum absolute atomic E-state index is 0.0127. The van der Waals surface area contributed by atoms with Gasteiger partial charge in [-0.2, -0.15) is 0 Å². The van der Waals surface area contributed by atoms with Crippen molar-refractivity contribution in [2.24, 2.45) is 5.92 Å². The van der Waals surface area contributed by atoms with Crippen LogP contribution in [0, 0.1) is 5.92 Å². The molecule has 7 rings (SSSR count). The summed E-state index contributed by atoms with van der Waals surface area (Å²) in [6.45, 7) is 7.29. The maximum Gasteiger partial charge on any atom is 0.408 e. The van der Waals surface area contributed by atoms with E-state index < -0.39 is 68.0 Å². The Morgan fingerprint density at radius 1 is 1.00 bits per heavy atom. The molecule has 3 amide bonds. The van der Waals surface area contributed by atoms with Gasteiger partial charge in [-0.1, -0.05) is 25.0 Å². The van der Waals surface area contributed by atoms with Crippen LogP contribution in [0.15, 0.2) is 41.8 Å². The van der Waals surface area contributed by atoms with Crippen molar-refractivity contribution in [1.82, 2.24) is 25.5 Å². The van der Waals surface area contributed by atoms with Crippen LogP contribution in [0.1, 0.15) is 98.3 Å². The quantitative estimate of drug-likeness (QED) is 0.0874. The normalized spacial score (nSPS) is 24.7. The maximum absolute atomic E-state index is 14.9. The number of amides is 3. The minimum atomic E-state index is -3.60. The van der Waals surface area contributed by atoms with E-state index in [9.17, 15) is 23.7 Å². The Morgan fingerprint density at radius 2 is 1.77 bits per heavy atom. The van der Waals surface area contributed by atoms with Crippen LogP contribution in [-0.2, 0) is 37.5 Å². The molecule has 2 aliphatic carbocycles. The number of nitrogens with one attached hydrogen (secondary N) is 3. The predicted molar refractivity (Wildman–Crippen MR) is 246 cm³/mol. The summed E-state index contributed by atoms with van der Waals surface area (Å²) in [5, 5.41) is 12.6. The summed E-state index contributed by atoms with van der Waals surface area (Å²) in [5.74, 6) is -0.625. The number of benzene rings is 1. The van der Waals surface area contributed by atoms with Crippen LogP contribution in [0.4, 0.5) is 9.93 Å². The third-order valence-electron chi connectivity index (χ3n) is 12.2. The number of pyridine rings is 1. The number of fused-ring (bicyclic) bond motifs is 3. The number of ether oxygens (including phenoxy) is 4. The van der Waals surface area contributed by atoms with E-state index in [1.54, 1.807) is 21.0 Å². The summed E-state index contributed by atoms with van der Waals surface area (Å²) in [6, 6.07) is 5.43. The number of carbonyl (C=O) groups is 4. The first-order chi connectivity index (χ1) is 31.3. The van der Waals surface area contributed by atoms with Gasteiger partial charge in [0.25, 0.3) is 0 Å². The molecular weight excluding hydrogens is 876 g/mol. The second-order valence-corrected chi connectivity index (χ2v) is 20.3. The minimum Gasteiger partial charge on any atom is -0.497 e. The summed E-state index contributed by atoms with van der Waals surface area (Å²) in [4.78, 5) is 68.3. The molecule has 0 unspecified atom stereocenters. The van der Waals surface area contributed by atoms with Crippen molar-refractivity contribution < 1.29 is 51.7 Å². The molecule has 4 aliphatic rings. The first kappa shape index (κ1) is 48.3. The number of rotatable bonds is 17. The smallest absolute Gasteiger partial charge is 0.408 e. The molecule has 1 aromatic carbocycles. The summed E-state index contributed by atoms with van der Waals surface area (Å²) < 4.78 is 47.6. The first-order valence-corrected chi connectivity index (χ1v) is 25.6. The fourth-order valence-corrected chi connectivity index (χ4v) is 11.0. The fraction of sp³-hybridized carbons (Fsp3) is 0.609. The summed E-state index contributed by atoms with van der Waals surface area (Å²) in [7, 11) is -2.02. The molecular formula is C46H63N6O11PS. The highest BCUT2D eigenvalue weighted by atomic mass is 32.1. The van der Waals surface area contributed by atoms with Crippen molar-refractivity contribution in [2.75, 3.05) is 45.1 Å². The topological polar surface area (TPSA) is 206 Å². The van der Waals surface area contributed by atoms with E-state index in [0.29, 0.717) is 53.1 Å². The van der Waals surface area contributed by atoms with Gasteiger partial charge in [0, 0.05) is 41.3 Å². The second-order valence-electron chi connectivity index (χ2n) is 17.4. The van der Waals surface area contributed by atoms with Crippen LogP contribution >= 0.6 is 18.9 Å². The number of aromatic nitrogens is 2. The molecule has 2 saturated carbocycles. The lowest BCUT2D eigenvalue weighted by Crippen LogP contribution is -2.56. The number of methoxy groups -OCH3 is 1. The molecule has 2 aliphatic heterocycles. The number of alkyl carbamates (subject to hydrolysis) is 1. The number of anilines is 1. The monoisotopic (exact) mass is 938 g/mol. The van der Waals surface area contributed by atoms with Crippen LogP contribution in [0.5, 0.6) is 11.5 Å². The second kappa shape index (κ2) is 21.8. The fourth-order valence-electron chi connectivity index (χ4n) is 8.87. The van der Waals surface area contributed by atoms with Crippen LogP contribution in [0.2, 0.25) is 0 Å². The number of nitrogens with zero attached hydrogens (tertiary/aromatic N) is 3. The van der Waals surface area contributed by atoms with Gasteiger partial charge in [-0.15, -0.1) is 11.3 Å². The number of allylic oxidation sites excluding steroid dienone is 1. The molecule has 0 radical (unpaired) electrons. The van der Waals surface area contributed by atoms with E-state index in [4.69, 9.17) is 38.0 Å². The van der Waals surface area contributed by atoms with Gasteiger partial charge in [0.2, 0.25) is 11.8 Å². The molecule has 3 N–H and O–H groups in total. The molecule has 19 heteroatoms. The Bertz CT molecular complexity index is 2240. The zero-order chi connectivity index (χ0) is 46.1. The Balaban J connectivity index is 1.19. The zero-order valence-corrected chi connectivity index (χ0v) is 39.7. The molecule has 0 bridgehead atoms. The van der Waals surface area contributed by atoms with Crippen LogP contribution < -0.4 is 25.4 Å². The van der Waals surface area contributed by atoms with Gasteiger partial charge in [-0.3, -0.25) is 18.9 Å². The molecule has 354 valence electrons. The Kier molecular flexibility index (Phi) is 16.2. The largest absolute Gasteiger partial charge is 0.497 e. The van der Waals surface area contributed by atoms with Crippen LogP contribution in [0.25, 0.3) is 22.3 Å². The summed E-state index contributed by atoms with van der Waals surface area (Å²) in [6.07, 6.45) is 9.23. The molecule has 0 spiro atoms. The standard InChI is InChI=1S/C46H63N6O11PS/c1-6-60-64(57,61-7-2)28-59-26-41(53)46-24-30(46)15-11-9-8-10-12-18-35(50-45(56)63-31-16-13-14-17-31)43(55)52-25-33(22-39(52)42(54)51-46)62-40-23-37(38-27-65-44(49-38)47-29(3)4)48-36-21-32(58-5)19-20-34(36)40/h11,15,19-21,23,27,29-31,33,35,39H,6-10,12-14,16-18,22,24-26,28H2,1-5H3,(H,47,49)(H,50,56)(H,51,54)/b15-11-/t30-,33-,35+,39+,46-/m1/s1. The lowest BCUT2D eigenvalue weighted by molar-refractivity contribution is -0.141. The van der Waals surface area contributed by atoms with E-state index in [0.717, 1.165) is 50.1 Å². The number of Topliss-reactive ketones (excluding diaryl/α,β-unsaturated/α-hetero) is 1. The molecule has 4 heterocycles. The van der Waals surface area contributed by atoms with Crippen molar-refractivity contribution in [3.63, 3.8) is 0 Å². The van der Waals surface area contributed by atoms with Gasteiger partial charge in [-0.25, -0.2) is 14.8 Å². The van der Waals surface area contributed by atoms with E-state index in [-0.39, 0.29) is 44.2 Å². The molecule has 3 fully saturated rings. The number of carbonyl (C=O) groups excluding carboxylic acids is 4. The van der Waals surface area contributed by atoms with E-state index in [1.807, 2.05) is 55.6 Å². The molecule has 1 saturated heterocycles. The highest BCUT2D eigenvalue weighted by Crippen LogP contribution is 2.49. The third-order valence-corrected chi connectivity index (χ3v) is 14.8. The van der Waals surface area contributed by atoms with Gasteiger partial charge < -0.3 is 48.8 Å². The lowest BCUT2D eigenvalue weighted by Gasteiger charge is -2.30. The molecule has 2 aromatic heterocycles. The maximum atomic E-state index is 14.9. The Hall–Kier alpha value is -4.61. The number of hydrogen-bond acceptors (Lipinski definition) is 15. The lowest BCUT2D eigenvalue weighted by atomic mass is 10.0. The van der Waals surface area contributed by atoms with Crippen molar-refractivity contribution in [3.05, 3.63) is 41.8 Å².